The Morgan fingerprint density at radius 3 is 2.22 bits per heavy atom. The van der Waals surface area contributed by atoms with Gasteiger partial charge in [-0.3, -0.25) is 9.59 Å². The van der Waals surface area contributed by atoms with Crippen LogP contribution in [0.5, 0.6) is 0 Å². The van der Waals surface area contributed by atoms with Crippen LogP contribution >= 0.6 is 0 Å². The number of carbonyl (C=O) groups is 2. The van der Waals surface area contributed by atoms with Crippen LogP contribution in [0.15, 0.2) is 53.4 Å². The van der Waals surface area contributed by atoms with Crippen molar-refractivity contribution in [3.8, 4) is 6.07 Å². The lowest BCUT2D eigenvalue weighted by Gasteiger charge is -2.14. The van der Waals surface area contributed by atoms with Crippen LogP contribution in [0.25, 0.3) is 0 Å². The largest absolute Gasteiger partial charge is 0.460 e. The fraction of sp³-hybridized carbons (Fsp3) is 0.211. The maximum atomic E-state index is 12.3. The number of nitrogens with zero attached hydrogens (tertiary/aromatic N) is 1. The molecule has 1 N–H and O–H groups in total. The summed E-state index contributed by atoms with van der Waals surface area (Å²) < 4.78 is 32.0. The first kappa shape index (κ1) is 20.3. The summed E-state index contributed by atoms with van der Waals surface area (Å²) in [7, 11) is -3.94. The molecule has 0 saturated carbocycles. The fourth-order valence-corrected chi connectivity index (χ4v) is 3.36. The molecule has 27 heavy (non-hydrogen) atoms. The van der Waals surface area contributed by atoms with E-state index in [2.05, 4.69) is 4.72 Å². The molecule has 1 atom stereocenters. The number of ether oxygens (including phenoxy) is 1. The minimum atomic E-state index is -3.94. The first-order chi connectivity index (χ1) is 12.7. The van der Waals surface area contributed by atoms with Gasteiger partial charge in [0.15, 0.2) is 5.78 Å². The van der Waals surface area contributed by atoms with Gasteiger partial charge in [0.05, 0.1) is 16.5 Å². The van der Waals surface area contributed by atoms with E-state index in [0.717, 1.165) is 0 Å². The Kier molecular flexibility index (Phi) is 6.45. The van der Waals surface area contributed by atoms with Gasteiger partial charge in [0, 0.05) is 5.56 Å². The van der Waals surface area contributed by atoms with E-state index in [1.54, 1.807) is 24.3 Å². The van der Waals surface area contributed by atoms with Gasteiger partial charge in [-0.1, -0.05) is 24.3 Å². The minimum Gasteiger partial charge on any atom is -0.460 e. The molecule has 2 aromatic carbocycles. The SMILES string of the molecule is CC(=O)c1ccc(S(=O)(=O)N[C@@H](C)C(=O)OCc2ccc(C#N)cc2)cc1. The molecule has 2 aromatic rings. The second-order valence-corrected chi connectivity index (χ2v) is 7.55. The maximum absolute atomic E-state index is 12.3. The number of sulfonamides is 1. The number of esters is 1. The predicted octanol–water partition coefficient (Wildman–Crippen LogP) is 2.17. The number of hydrogen-bond donors (Lipinski definition) is 1. The van der Waals surface area contributed by atoms with Crippen molar-refractivity contribution in [2.75, 3.05) is 0 Å². The summed E-state index contributed by atoms with van der Waals surface area (Å²) >= 11 is 0. The van der Waals surface area contributed by atoms with Crippen LogP contribution in [0.2, 0.25) is 0 Å². The molecule has 0 aliphatic heterocycles. The zero-order chi connectivity index (χ0) is 20.0. The van der Waals surface area contributed by atoms with Crippen molar-refractivity contribution in [2.45, 2.75) is 31.4 Å². The number of rotatable bonds is 7. The van der Waals surface area contributed by atoms with Crippen molar-refractivity contribution in [3.63, 3.8) is 0 Å². The molecule has 140 valence electrons. The number of Topliss-reactive ketones (excluding diaryl/α,β-unsaturated/α-hetero) is 1. The van der Waals surface area contributed by atoms with E-state index in [1.165, 1.54) is 38.1 Å². The topological polar surface area (TPSA) is 113 Å². The molecule has 8 heteroatoms. The molecule has 0 unspecified atom stereocenters. The lowest BCUT2D eigenvalue weighted by atomic mass is 10.2. The van der Waals surface area contributed by atoms with Gasteiger partial charge in [-0.2, -0.15) is 9.98 Å². The minimum absolute atomic E-state index is 0.0378. The molecule has 7 nitrogen and oxygen atoms in total. The highest BCUT2D eigenvalue weighted by Crippen LogP contribution is 2.12. The average Bonchev–Trinajstić information content (AvgIpc) is 2.66. The molecule has 0 radical (unpaired) electrons. The normalized spacial score (nSPS) is 12.0. The average molecular weight is 386 g/mol. The maximum Gasteiger partial charge on any atom is 0.324 e. The molecule has 2 rings (SSSR count). The summed E-state index contributed by atoms with van der Waals surface area (Å²) in [6.45, 7) is 2.72. The molecule has 0 aromatic heterocycles. The van der Waals surface area contributed by atoms with E-state index in [-0.39, 0.29) is 17.3 Å². The summed E-state index contributed by atoms with van der Waals surface area (Å²) in [5.74, 6) is -0.907. The Morgan fingerprint density at radius 1 is 1.11 bits per heavy atom. The van der Waals surface area contributed by atoms with Gasteiger partial charge in [-0.15, -0.1) is 0 Å². The summed E-state index contributed by atoms with van der Waals surface area (Å²) in [4.78, 5) is 23.2. The summed E-state index contributed by atoms with van der Waals surface area (Å²) in [6.07, 6.45) is 0. The number of nitriles is 1. The molecule has 0 saturated heterocycles. The van der Waals surface area contributed by atoms with Gasteiger partial charge in [-0.05, 0) is 43.7 Å². The Hall–Kier alpha value is -3.02. The summed E-state index contributed by atoms with van der Waals surface area (Å²) in [5.41, 5.74) is 1.56. The van der Waals surface area contributed by atoms with Crippen LogP contribution in [0, 0.1) is 11.3 Å². The van der Waals surface area contributed by atoms with Crippen LogP contribution in [0.4, 0.5) is 0 Å². The predicted molar refractivity (Wildman–Crippen MR) is 97.2 cm³/mol. The van der Waals surface area contributed by atoms with Crippen molar-refractivity contribution < 1.29 is 22.7 Å². The number of hydrogen-bond acceptors (Lipinski definition) is 6. The lowest BCUT2D eigenvalue weighted by Crippen LogP contribution is -2.39. The first-order valence-electron chi connectivity index (χ1n) is 8.02. The highest BCUT2D eigenvalue weighted by molar-refractivity contribution is 7.89. The smallest absolute Gasteiger partial charge is 0.324 e. The molecule has 0 fully saturated rings. The summed E-state index contributed by atoms with van der Waals surface area (Å²) in [6, 6.07) is 12.8. The Bertz CT molecular complexity index is 974. The highest BCUT2D eigenvalue weighted by atomic mass is 32.2. The van der Waals surface area contributed by atoms with Crippen molar-refractivity contribution in [2.24, 2.45) is 0 Å². The first-order valence-corrected chi connectivity index (χ1v) is 9.50. The Labute approximate surface area is 157 Å². The van der Waals surface area contributed by atoms with E-state index in [9.17, 15) is 18.0 Å². The molecule has 0 spiro atoms. The van der Waals surface area contributed by atoms with Gasteiger partial charge >= 0.3 is 5.97 Å². The molecule has 0 heterocycles. The number of benzene rings is 2. The fourth-order valence-electron chi connectivity index (χ4n) is 2.17. The monoisotopic (exact) mass is 386 g/mol. The number of nitrogens with one attached hydrogen (secondary N) is 1. The highest BCUT2D eigenvalue weighted by Gasteiger charge is 2.23. The van der Waals surface area contributed by atoms with Crippen LogP contribution in [-0.4, -0.2) is 26.2 Å². The van der Waals surface area contributed by atoms with Gasteiger partial charge < -0.3 is 4.74 Å². The van der Waals surface area contributed by atoms with Gasteiger partial charge in [0.1, 0.15) is 12.6 Å². The second kappa shape index (κ2) is 8.58. The molecular formula is C19H18N2O5S. The molecule has 0 aliphatic rings. The van der Waals surface area contributed by atoms with Crippen LogP contribution < -0.4 is 4.72 Å². The standard InChI is InChI=1S/C19H18N2O5S/c1-13(19(23)26-12-16-5-3-15(11-20)4-6-16)21-27(24,25)18-9-7-17(8-10-18)14(2)22/h3-10,13,21H,12H2,1-2H3/t13-/m0/s1. The third-order valence-electron chi connectivity index (χ3n) is 3.72. The van der Waals surface area contributed by atoms with Crippen molar-refractivity contribution in [1.29, 1.82) is 5.26 Å². The van der Waals surface area contributed by atoms with Crippen LogP contribution in [0.3, 0.4) is 0 Å². The van der Waals surface area contributed by atoms with E-state index in [0.29, 0.717) is 16.7 Å². The van der Waals surface area contributed by atoms with E-state index >= 15 is 0 Å². The third kappa shape index (κ3) is 5.48. The van der Waals surface area contributed by atoms with Crippen molar-refractivity contribution >= 4 is 21.8 Å². The van der Waals surface area contributed by atoms with E-state index in [1.807, 2.05) is 6.07 Å². The second-order valence-electron chi connectivity index (χ2n) is 5.84. The van der Waals surface area contributed by atoms with Gasteiger partial charge in [-0.25, -0.2) is 8.42 Å². The van der Waals surface area contributed by atoms with Crippen LogP contribution in [0.1, 0.15) is 35.3 Å². The van der Waals surface area contributed by atoms with Crippen molar-refractivity contribution in [3.05, 3.63) is 65.2 Å². The number of carbonyl (C=O) groups excluding carboxylic acids is 2. The quantitative estimate of drug-likeness (QED) is 0.576. The zero-order valence-corrected chi connectivity index (χ0v) is 15.6. The lowest BCUT2D eigenvalue weighted by molar-refractivity contribution is -0.146. The number of ketones is 1. The zero-order valence-electron chi connectivity index (χ0n) is 14.8. The molecule has 0 amide bonds. The van der Waals surface area contributed by atoms with Gasteiger partial charge in [0.25, 0.3) is 0 Å². The molecule has 0 bridgehead atoms. The molecule has 0 aliphatic carbocycles. The van der Waals surface area contributed by atoms with Gasteiger partial charge in [0.2, 0.25) is 10.0 Å². The summed E-state index contributed by atoms with van der Waals surface area (Å²) in [5, 5.41) is 8.75. The Balaban J connectivity index is 1.97. The van der Waals surface area contributed by atoms with Crippen molar-refractivity contribution in [1.82, 2.24) is 4.72 Å². The van der Waals surface area contributed by atoms with E-state index < -0.39 is 22.0 Å². The third-order valence-corrected chi connectivity index (χ3v) is 5.28. The molecular weight excluding hydrogens is 368 g/mol. The van der Waals surface area contributed by atoms with E-state index in [4.69, 9.17) is 10.00 Å². The van der Waals surface area contributed by atoms with Crippen LogP contribution in [-0.2, 0) is 26.2 Å². The Morgan fingerprint density at radius 2 is 1.70 bits per heavy atom.